The Morgan fingerprint density at radius 1 is 1.17 bits per heavy atom. The monoisotopic (exact) mass is 246 g/mol. The van der Waals surface area contributed by atoms with Crippen LogP contribution in [0, 0.1) is 5.92 Å². The van der Waals surface area contributed by atoms with Gasteiger partial charge in [-0.3, -0.25) is 0 Å². The zero-order chi connectivity index (χ0) is 12.8. The van der Waals surface area contributed by atoms with Crippen molar-refractivity contribution in [3.8, 4) is 0 Å². The van der Waals surface area contributed by atoms with E-state index in [4.69, 9.17) is 5.73 Å². The van der Waals surface area contributed by atoms with Crippen molar-refractivity contribution in [3.05, 3.63) is 29.8 Å². The van der Waals surface area contributed by atoms with E-state index in [1.54, 1.807) is 0 Å². The second-order valence-corrected chi connectivity index (χ2v) is 5.59. The maximum Gasteiger partial charge on any atom is 0.0359 e. The highest BCUT2D eigenvalue weighted by Gasteiger charge is 2.19. The number of benzene rings is 1. The Morgan fingerprint density at radius 3 is 2.56 bits per heavy atom. The molecule has 0 amide bonds. The lowest BCUT2D eigenvalue weighted by atomic mass is 9.83. The molecule has 1 aliphatic rings. The fourth-order valence-corrected chi connectivity index (χ4v) is 3.01. The normalized spacial score (nSPS) is 24.1. The van der Waals surface area contributed by atoms with E-state index in [1.807, 2.05) is 12.1 Å². The second kappa shape index (κ2) is 6.79. The third-order valence-corrected chi connectivity index (χ3v) is 4.18. The minimum absolute atomic E-state index is 0.692. The van der Waals surface area contributed by atoms with Crippen molar-refractivity contribution >= 4 is 5.69 Å². The van der Waals surface area contributed by atoms with E-state index in [0.717, 1.165) is 18.2 Å². The van der Waals surface area contributed by atoms with Gasteiger partial charge in [0.1, 0.15) is 0 Å². The predicted octanol–water partition coefficient (Wildman–Crippen LogP) is 3.72. The third-order valence-electron chi connectivity index (χ3n) is 4.18. The molecule has 0 spiro atoms. The molecule has 3 N–H and O–H groups in total. The first-order chi connectivity index (χ1) is 8.79. The van der Waals surface area contributed by atoms with Gasteiger partial charge in [0.15, 0.2) is 0 Å². The largest absolute Gasteiger partial charge is 0.398 e. The van der Waals surface area contributed by atoms with Crippen LogP contribution in [-0.4, -0.2) is 6.04 Å². The van der Waals surface area contributed by atoms with Crippen LogP contribution in [0.2, 0.25) is 0 Å². The lowest BCUT2D eigenvalue weighted by molar-refractivity contribution is 0.277. The first-order valence-corrected chi connectivity index (χ1v) is 7.36. The SMILES string of the molecule is CCCC1CCC(NCc2ccccc2N)CC1. The van der Waals surface area contributed by atoms with Crippen molar-refractivity contribution in [3.63, 3.8) is 0 Å². The molecule has 2 heteroatoms. The number of hydrogen-bond donors (Lipinski definition) is 2. The molecule has 1 aromatic rings. The molecule has 0 unspecified atom stereocenters. The Labute approximate surface area is 111 Å². The van der Waals surface area contributed by atoms with Crippen LogP contribution < -0.4 is 11.1 Å². The summed E-state index contributed by atoms with van der Waals surface area (Å²) in [5.41, 5.74) is 8.09. The number of rotatable bonds is 5. The van der Waals surface area contributed by atoms with E-state index in [0.29, 0.717) is 6.04 Å². The molecule has 1 saturated carbocycles. The maximum atomic E-state index is 5.96. The second-order valence-electron chi connectivity index (χ2n) is 5.59. The van der Waals surface area contributed by atoms with Crippen LogP contribution in [0.1, 0.15) is 51.0 Å². The molecule has 0 aromatic heterocycles. The molecule has 0 saturated heterocycles. The lowest BCUT2D eigenvalue weighted by Crippen LogP contribution is -2.32. The Kier molecular flexibility index (Phi) is 5.06. The number of anilines is 1. The fourth-order valence-electron chi connectivity index (χ4n) is 3.01. The summed E-state index contributed by atoms with van der Waals surface area (Å²) in [6.45, 7) is 3.21. The van der Waals surface area contributed by atoms with Gasteiger partial charge in [0.2, 0.25) is 0 Å². The first kappa shape index (κ1) is 13.4. The zero-order valence-corrected chi connectivity index (χ0v) is 11.5. The van der Waals surface area contributed by atoms with Crippen LogP contribution in [0.15, 0.2) is 24.3 Å². The average molecular weight is 246 g/mol. The molecule has 0 heterocycles. The molecular formula is C16H26N2. The summed E-state index contributed by atoms with van der Waals surface area (Å²) in [4.78, 5) is 0. The van der Waals surface area contributed by atoms with Crippen molar-refractivity contribution in [1.29, 1.82) is 0 Å². The maximum absolute atomic E-state index is 5.96. The van der Waals surface area contributed by atoms with Crippen LogP contribution in [0.5, 0.6) is 0 Å². The van der Waals surface area contributed by atoms with Gasteiger partial charge in [-0.05, 0) is 43.2 Å². The molecular weight excluding hydrogens is 220 g/mol. The summed E-state index contributed by atoms with van der Waals surface area (Å²) in [5, 5.41) is 3.66. The number of nitrogens with one attached hydrogen (secondary N) is 1. The Hall–Kier alpha value is -1.02. The van der Waals surface area contributed by atoms with E-state index in [1.165, 1.54) is 44.1 Å². The minimum Gasteiger partial charge on any atom is -0.398 e. The van der Waals surface area contributed by atoms with Gasteiger partial charge >= 0.3 is 0 Å². The average Bonchev–Trinajstić information content (AvgIpc) is 2.40. The molecule has 1 aliphatic carbocycles. The van der Waals surface area contributed by atoms with Crippen molar-refractivity contribution in [2.75, 3.05) is 5.73 Å². The summed E-state index contributed by atoms with van der Waals surface area (Å²) in [5.74, 6) is 0.981. The highest BCUT2D eigenvalue weighted by atomic mass is 14.9. The van der Waals surface area contributed by atoms with Gasteiger partial charge < -0.3 is 11.1 Å². The molecule has 0 bridgehead atoms. The summed E-state index contributed by atoms with van der Waals surface area (Å²) < 4.78 is 0. The van der Waals surface area contributed by atoms with Gasteiger partial charge in [-0.25, -0.2) is 0 Å². The topological polar surface area (TPSA) is 38.0 Å². The summed E-state index contributed by atoms with van der Waals surface area (Å²) >= 11 is 0. The highest BCUT2D eigenvalue weighted by molar-refractivity contribution is 5.46. The molecule has 0 radical (unpaired) electrons. The summed E-state index contributed by atoms with van der Waals surface area (Å²) in [7, 11) is 0. The zero-order valence-electron chi connectivity index (χ0n) is 11.5. The van der Waals surface area contributed by atoms with E-state index in [-0.39, 0.29) is 0 Å². The number of nitrogens with two attached hydrogens (primary N) is 1. The van der Waals surface area contributed by atoms with Gasteiger partial charge in [-0.15, -0.1) is 0 Å². The fraction of sp³-hybridized carbons (Fsp3) is 0.625. The van der Waals surface area contributed by atoms with Crippen LogP contribution in [0.25, 0.3) is 0 Å². The molecule has 1 fully saturated rings. The predicted molar refractivity (Wildman–Crippen MR) is 78.3 cm³/mol. The molecule has 2 nitrogen and oxygen atoms in total. The van der Waals surface area contributed by atoms with E-state index in [2.05, 4.69) is 24.4 Å². The van der Waals surface area contributed by atoms with Crippen molar-refractivity contribution in [1.82, 2.24) is 5.32 Å². The molecule has 2 rings (SSSR count). The van der Waals surface area contributed by atoms with E-state index in [9.17, 15) is 0 Å². The number of para-hydroxylation sites is 1. The van der Waals surface area contributed by atoms with Crippen LogP contribution >= 0.6 is 0 Å². The summed E-state index contributed by atoms with van der Waals surface area (Å²) in [6, 6.07) is 8.85. The quantitative estimate of drug-likeness (QED) is 0.777. The standard InChI is InChI=1S/C16H26N2/c1-2-5-13-8-10-15(11-9-13)18-12-14-6-3-4-7-16(14)17/h3-4,6-7,13,15,18H,2,5,8-12,17H2,1H3. The Balaban J connectivity index is 1.74. The molecule has 0 aliphatic heterocycles. The number of hydrogen-bond acceptors (Lipinski definition) is 2. The van der Waals surface area contributed by atoms with Crippen LogP contribution in [0.3, 0.4) is 0 Å². The van der Waals surface area contributed by atoms with Crippen LogP contribution in [0.4, 0.5) is 5.69 Å². The van der Waals surface area contributed by atoms with Crippen LogP contribution in [-0.2, 0) is 6.54 Å². The van der Waals surface area contributed by atoms with Crippen molar-refractivity contribution in [2.24, 2.45) is 5.92 Å². The van der Waals surface area contributed by atoms with Crippen molar-refractivity contribution in [2.45, 2.75) is 58.0 Å². The van der Waals surface area contributed by atoms with Gasteiger partial charge in [0, 0.05) is 18.3 Å². The first-order valence-electron chi connectivity index (χ1n) is 7.36. The molecule has 0 atom stereocenters. The highest BCUT2D eigenvalue weighted by Crippen LogP contribution is 2.28. The van der Waals surface area contributed by atoms with Gasteiger partial charge in [-0.2, -0.15) is 0 Å². The smallest absolute Gasteiger partial charge is 0.0359 e. The minimum atomic E-state index is 0.692. The Bertz CT molecular complexity index is 354. The van der Waals surface area contributed by atoms with E-state index < -0.39 is 0 Å². The van der Waals surface area contributed by atoms with Gasteiger partial charge in [0.25, 0.3) is 0 Å². The van der Waals surface area contributed by atoms with Crippen molar-refractivity contribution < 1.29 is 0 Å². The third kappa shape index (κ3) is 3.74. The Morgan fingerprint density at radius 2 is 1.89 bits per heavy atom. The molecule has 1 aromatic carbocycles. The van der Waals surface area contributed by atoms with Gasteiger partial charge in [-0.1, -0.05) is 38.0 Å². The van der Waals surface area contributed by atoms with Gasteiger partial charge in [0.05, 0.1) is 0 Å². The lowest BCUT2D eigenvalue weighted by Gasteiger charge is -2.29. The van der Waals surface area contributed by atoms with E-state index >= 15 is 0 Å². The molecule has 100 valence electrons. The molecule has 18 heavy (non-hydrogen) atoms. The summed E-state index contributed by atoms with van der Waals surface area (Å²) in [6.07, 6.45) is 8.21. The number of nitrogen functional groups attached to an aromatic ring is 1.